The van der Waals surface area contributed by atoms with Crippen molar-refractivity contribution in [3.8, 4) is 5.75 Å². The van der Waals surface area contributed by atoms with E-state index in [1.165, 1.54) is 11.3 Å². The summed E-state index contributed by atoms with van der Waals surface area (Å²) in [6, 6.07) is 8.32. The number of benzene rings is 1. The van der Waals surface area contributed by atoms with Crippen LogP contribution in [0, 0.1) is 0 Å². The molecule has 0 saturated carbocycles. The van der Waals surface area contributed by atoms with E-state index in [0.29, 0.717) is 29.8 Å². The van der Waals surface area contributed by atoms with Gasteiger partial charge in [0.1, 0.15) is 5.75 Å². The molecule has 2 aromatic rings. The monoisotopic (exact) mass is 361 g/mol. The first-order valence-electron chi connectivity index (χ1n) is 7.73. The van der Waals surface area contributed by atoms with Crippen molar-refractivity contribution in [3.05, 3.63) is 52.2 Å². The lowest BCUT2D eigenvalue weighted by molar-refractivity contribution is -0.142. The van der Waals surface area contributed by atoms with Gasteiger partial charge in [-0.2, -0.15) is 11.3 Å². The number of nitrogens with one attached hydrogen (secondary N) is 1. The van der Waals surface area contributed by atoms with Crippen LogP contribution in [0.1, 0.15) is 33.6 Å². The molecule has 0 radical (unpaired) electrons. The molecule has 0 fully saturated rings. The fraction of sp³-hybridized carbons (Fsp3) is 0.278. The molecule has 7 heteroatoms. The first-order valence-corrected chi connectivity index (χ1v) is 8.67. The Morgan fingerprint density at radius 2 is 1.84 bits per heavy atom. The van der Waals surface area contributed by atoms with Crippen molar-refractivity contribution in [2.75, 3.05) is 20.3 Å². The molecule has 0 aliphatic heterocycles. The summed E-state index contributed by atoms with van der Waals surface area (Å²) >= 11 is 1.45. The molecule has 6 nitrogen and oxygen atoms in total. The Balaban J connectivity index is 1.63. The van der Waals surface area contributed by atoms with E-state index in [1.54, 1.807) is 42.8 Å². The number of rotatable bonds is 9. The highest BCUT2D eigenvalue weighted by Crippen LogP contribution is 2.12. The molecule has 0 saturated heterocycles. The summed E-state index contributed by atoms with van der Waals surface area (Å²) in [5.74, 6) is -0.254. The summed E-state index contributed by atoms with van der Waals surface area (Å²) in [5, 5.41) is 6.31. The minimum absolute atomic E-state index is 0.139. The van der Waals surface area contributed by atoms with Gasteiger partial charge in [0, 0.05) is 29.5 Å². The van der Waals surface area contributed by atoms with Crippen LogP contribution in [0.3, 0.4) is 0 Å². The van der Waals surface area contributed by atoms with Crippen molar-refractivity contribution in [2.45, 2.75) is 12.8 Å². The van der Waals surface area contributed by atoms with Crippen LogP contribution in [0.25, 0.3) is 0 Å². The van der Waals surface area contributed by atoms with E-state index in [9.17, 15) is 14.4 Å². The third-order valence-electron chi connectivity index (χ3n) is 3.40. The predicted octanol–water partition coefficient (Wildman–Crippen LogP) is 2.69. The van der Waals surface area contributed by atoms with Gasteiger partial charge in [0.15, 0.2) is 12.4 Å². The molecule has 25 heavy (non-hydrogen) atoms. The number of amides is 1. The Kier molecular flexibility index (Phi) is 7.16. The van der Waals surface area contributed by atoms with Gasteiger partial charge in [-0.05, 0) is 42.1 Å². The van der Waals surface area contributed by atoms with Gasteiger partial charge in [-0.25, -0.2) is 0 Å². The largest absolute Gasteiger partial charge is 0.497 e. The lowest BCUT2D eigenvalue weighted by atomic mass is 10.1. The van der Waals surface area contributed by atoms with Crippen LogP contribution in [0.5, 0.6) is 5.75 Å². The minimum Gasteiger partial charge on any atom is -0.497 e. The first-order chi connectivity index (χ1) is 12.1. The lowest BCUT2D eigenvalue weighted by Gasteiger charge is -2.06. The van der Waals surface area contributed by atoms with Gasteiger partial charge in [-0.3, -0.25) is 14.4 Å². The van der Waals surface area contributed by atoms with Gasteiger partial charge >= 0.3 is 5.97 Å². The summed E-state index contributed by atoms with van der Waals surface area (Å²) in [4.78, 5) is 35.3. The molecular weight excluding hydrogens is 342 g/mol. The van der Waals surface area contributed by atoms with E-state index in [1.807, 2.05) is 5.38 Å². The number of carbonyl (C=O) groups excluding carboxylic acids is 3. The van der Waals surface area contributed by atoms with Crippen LogP contribution < -0.4 is 10.1 Å². The molecule has 1 aromatic heterocycles. The number of carbonyl (C=O) groups is 3. The Labute approximate surface area is 149 Å². The Bertz CT molecular complexity index is 710. The van der Waals surface area contributed by atoms with Gasteiger partial charge in [-0.15, -0.1) is 0 Å². The van der Waals surface area contributed by atoms with Gasteiger partial charge in [0.05, 0.1) is 7.11 Å². The van der Waals surface area contributed by atoms with Crippen LogP contribution in [0.4, 0.5) is 0 Å². The van der Waals surface area contributed by atoms with Crippen molar-refractivity contribution in [1.29, 1.82) is 0 Å². The second-order valence-corrected chi connectivity index (χ2v) is 5.96. The summed E-state index contributed by atoms with van der Waals surface area (Å²) in [6.07, 6.45) is 0.589. The van der Waals surface area contributed by atoms with Crippen molar-refractivity contribution >= 4 is 29.0 Å². The third-order valence-corrected chi connectivity index (χ3v) is 4.09. The number of methoxy groups -OCH3 is 1. The Morgan fingerprint density at radius 3 is 2.48 bits per heavy atom. The van der Waals surface area contributed by atoms with Crippen LogP contribution in [-0.4, -0.2) is 37.9 Å². The fourth-order valence-electron chi connectivity index (χ4n) is 2.01. The van der Waals surface area contributed by atoms with E-state index in [2.05, 4.69) is 5.32 Å². The van der Waals surface area contributed by atoms with E-state index in [4.69, 9.17) is 9.47 Å². The maximum atomic E-state index is 11.9. The van der Waals surface area contributed by atoms with Gasteiger partial charge in [0.2, 0.25) is 0 Å². The van der Waals surface area contributed by atoms with Crippen molar-refractivity contribution in [1.82, 2.24) is 5.32 Å². The van der Waals surface area contributed by atoms with Crippen LogP contribution in [0.2, 0.25) is 0 Å². The van der Waals surface area contributed by atoms with Crippen molar-refractivity contribution in [3.63, 3.8) is 0 Å². The average Bonchev–Trinajstić information content (AvgIpc) is 3.18. The highest BCUT2D eigenvalue weighted by atomic mass is 32.1. The van der Waals surface area contributed by atoms with Crippen LogP contribution >= 0.6 is 11.3 Å². The number of Topliss-reactive ketones (excluding diaryl/α,β-unsaturated/α-hetero) is 1. The maximum Gasteiger partial charge on any atom is 0.306 e. The summed E-state index contributed by atoms with van der Waals surface area (Å²) in [5.41, 5.74) is 1.06. The second-order valence-electron chi connectivity index (χ2n) is 5.18. The smallest absolute Gasteiger partial charge is 0.306 e. The molecule has 0 unspecified atom stereocenters. The highest BCUT2D eigenvalue weighted by Gasteiger charge is 2.11. The Morgan fingerprint density at radius 1 is 1.08 bits per heavy atom. The number of ether oxygens (including phenoxy) is 2. The average molecular weight is 361 g/mol. The molecule has 0 bridgehead atoms. The predicted molar refractivity (Wildman–Crippen MR) is 94.2 cm³/mol. The number of esters is 1. The Hall–Kier alpha value is -2.67. The van der Waals surface area contributed by atoms with Crippen LogP contribution in [0.15, 0.2) is 41.1 Å². The lowest BCUT2D eigenvalue weighted by Crippen LogP contribution is -2.24. The topological polar surface area (TPSA) is 81.7 Å². The first kappa shape index (κ1) is 18.7. The van der Waals surface area contributed by atoms with Crippen molar-refractivity contribution < 1.29 is 23.9 Å². The van der Waals surface area contributed by atoms with Gasteiger partial charge in [0.25, 0.3) is 5.91 Å². The molecule has 0 aliphatic rings. The van der Waals surface area contributed by atoms with E-state index < -0.39 is 5.97 Å². The van der Waals surface area contributed by atoms with E-state index in [-0.39, 0.29) is 24.7 Å². The normalized spacial score (nSPS) is 10.1. The molecular formula is C18H19NO5S. The summed E-state index contributed by atoms with van der Waals surface area (Å²) < 4.78 is 9.98. The molecule has 1 aromatic carbocycles. The standard InChI is InChI=1S/C18H19NO5S/c1-23-15-6-4-13(5-7-15)16(20)11-24-17(21)3-2-9-19-18(22)14-8-10-25-12-14/h4-8,10,12H,2-3,9,11H2,1H3,(H,19,22). The number of hydrogen-bond donors (Lipinski definition) is 1. The number of ketones is 1. The second kappa shape index (κ2) is 9.58. The molecule has 1 N–H and O–H groups in total. The molecule has 0 aliphatic carbocycles. The third kappa shape index (κ3) is 6.04. The summed E-state index contributed by atoms with van der Waals surface area (Å²) in [6.45, 7) is 0.0721. The quantitative estimate of drug-likeness (QED) is 0.422. The maximum absolute atomic E-state index is 11.9. The summed E-state index contributed by atoms with van der Waals surface area (Å²) in [7, 11) is 1.54. The zero-order chi connectivity index (χ0) is 18.1. The molecule has 0 atom stereocenters. The molecule has 0 spiro atoms. The molecule has 1 heterocycles. The fourth-order valence-corrected chi connectivity index (χ4v) is 2.64. The van der Waals surface area contributed by atoms with E-state index in [0.717, 1.165) is 0 Å². The zero-order valence-corrected chi connectivity index (χ0v) is 14.6. The SMILES string of the molecule is COc1ccc(C(=O)COC(=O)CCCNC(=O)c2ccsc2)cc1. The number of hydrogen-bond acceptors (Lipinski definition) is 6. The molecule has 1 amide bonds. The molecule has 2 rings (SSSR count). The van der Waals surface area contributed by atoms with E-state index >= 15 is 0 Å². The molecule has 132 valence electrons. The minimum atomic E-state index is -0.466. The highest BCUT2D eigenvalue weighted by molar-refractivity contribution is 7.08. The zero-order valence-electron chi connectivity index (χ0n) is 13.8. The number of thiophene rings is 1. The van der Waals surface area contributed by atoms with Gasteiger partial charge < -0.3 is 14.8 Å². The van der Waals surface area contributed by atoms with Gasteiger partial charge in [-0.1, -0.05) is 0 Å². The van der Waals surface area contributed by atoms with Crippen LogP contribution in [-0.2, 0) is 9.53 Å². The van der Waals surface area contributed by atoms with Crippen molar-refractivity contribution in [2.24, 2.45) is 0 Å².